The number of nitrogens with two attached hydrogens (primary N) is 2. The third-order valence-corrected chi connectivity index (χ3v) is 7.98. The van der Waals surface area contributed by atoms with E-state index in [1.165, 1.54) is 22.7 Å². The van der Waals surface area contributed by atoms with Gasteiger partial charge in [-0.3, -0.25) is 0 Å². The summed E-state index contributed by atoms with van der Waals surface area (Å²) in [6.45, 7) is 4.98. The van der Waals surface area contributed by atoms with Gasteiger partial charge >= 0.3 is 0 Å². The Morgan fingerprint density at radius 2 is 1.10 bits per heavy atom. The van der Waals surface area contributed by atoms with Gasteiger partial charge in [0.1, 0.15) is 32.2 Å². The number of hydrogen-bond donors (Lipinski definition) is 4. The normalized spacial score (nSPS) is 26.6. The SMILES string of the molecule is C[C@@H](O)c1nnc(C2CC(CN)C2)s1.C[C@@H](O)c1nnc(C2CC(CN)C2)s1.Cl.Cl. The largest absolute Gasteiger partial charge is 0.386 e. The topological polar surface area (TPSA) is 144 Å². The van der Waals surface area contributed by atoms with Crippen molar-refractivity contribution in [3.63, 3.8) is 0 Å². The third-order valence-electron chi connectivity index (χ3n) is 5.46. The van der Waals surface area contributed by atoms with E-state index in [4.69, 9.17) is 11.5 Å². The summed E-state index contributed by atoms with van der Waals surface area (Å²) in [5, 5.41) is 38.3. The lowest BCUT2D eigenvalue weighted by atomic mass is 9.75. The van der Waals surface area contributed by atoms with Crippen molar-refractivity contribution in [2.75, 3.05) is 13.1 Å². The lowest BCUT2D eigenvalue weighted by Gasteiger charge is -2.32. The Labute approximate surface area is 197 Å². The van der Waals surface area contributed by atoms with E-state index in [2.05, 4.69) is 20.4 Å². The highest BCUT2D eigenvalue weighted by Crippen LogP contribution is 2.43. The molecule has 2 aliphatic rings. The molecule has 30 heavy (non-hydrogen) atoms. The fraction of sp³-hybridized carbons (Fsp3) is 0.778. The van der Waals surface area contributed by atoms with Crippen LogP contribution in [0.1, 0.15) is 83.6 Å². The highest BCUT2D eigenvalue weighted by atomic mass is 35.5. The molecule has 12 heteroatoms. The molecule has 0 aliphatic heterocycles. The zero-order chi connectivity index (χ0) is 20.3. The molecule has 0 saturated heterocycles. The van der Waals surface area contributed by atoms with E-state index >= 15 is 0 Å². The molecule has 2 aromatic rings. The van der Waals surface area contributed by atoms with E-state index in [0.717, 1.165) is 58.8 Å². The second kappa shape index (κ2) is 12.5. The molecule has 0 amide bonds. The molecule has 8 nitrogen and oxygen atoms in total. The molecule has 4 rings (SSSR count). The molecule has 0 unspecified atom stereocenters. The van der Waals surface area contributed by atoms with Crippen LogP contribution in [-0.2, 0) is 0 Å². The average molecular weight is 500 g/mol. The van der Waals surface area contributed by atoms with Gasteiger partial charge in [0.2, 0.25) is 0 Å². The second-order valence-corrected chi connectivity index (χ2v) is 9.93. The summed E-state index contributed by atoms with van der Waals surface area (Å²) in [6.07, 6.45) is 3.53. The first-order valence-corrected chi connectivity index (χ1v) is 11.5. The maximum Gasteiger partial charge on any atom is 0.145 e. The fourth-order valence-electron chi connectivity index (χ4n) is 3.42. The van der Waals surface area contributed by atoms with Gasteiger partial charge in [0.25, 0.3) is 0 Å². The Kier molecular flexibility index (Phi) is 11.5. The predicted molar refractivity (Wildman–Crippen MR) is 125 cm³/mol. The first kappa shape index (κ1) is 27.6. The first-order chi connectivity index (χ1) is 13.4. The zero-order valence-corrected chi connectivity index (χ0v) is 20.4. The van der Waals surface area contributed by atoms with Gasteiger partial charge < -0.3 is 21.7 Å². The van der Waals surface area contributed by atoms with Crippen molar-refractivity contribution in [2.24, 2.45) is 23.3 Å². The minimum atomic E-state index is -0.494. The monoisotopic (exact) mass is 498 g/mol. The Hall–Kier alpha value is -0.460. The van der Waals surface area contributed by atoms with E-state index in [1.54, 1.807) is 13.8 Å². The van der Waals surface area contributed by atoms with Gasteiger partial charge in [-0.2, -0.15) is 0 Å². The molecule has 2 heterocycles. The van der Waals surface area contributed by atoms with Crippen LogP contribution in [0.5, 0.6) is 0 Å². The Balaban J connectivity index is 0.000000281. The highest BCUT2D eigenvalue weighted by molar-refractivity contribution is 7.11. The van der Waals surface area contributed by atoms with Crippen molar-refractivity contribution in [3.8, 4) is 0 Å². The van der Waals surface area contributed by atoms with Gasteiger partial charge in [-0.15, -0.1) is 45.2 Å². The van der Waals surface area contributed by atoms with Crippen LogP contribution in [-0.4, -0.2) is 43.7 Å². The van der Waals surface area contributed by atoms with Crippen molar-refractivity contribution in [1.82, 2.24) is 20.4 Å². The lowest BCUT2D eigenvalue weighted by molar-refractivity contribution is 0.197. The summed E-state index contributed by atoms with van der Waals surface area (Å²) in [4.78, 5) is 0. The standard InChI is InChI=1S/2C9H15N3OS.2ClH/c2*1-5(13)8-11-12-9(14-8)7-2-6(3-7)4-10;;/h2*5-7,13H,2-4,10H2,1H3;2*1H/t2*5-,6?,7?;;/m11../s1. The van der Waals surface area contributed by atoms with Crippen molar-refractivity contribution >= 4 is 47.5 Å². The molecule has 172 valence electrons. The molecular formula is C18H32Cl2N6O2S2. The van der Waals surface area contributed by atoms with Crippen LogP contribution in [0.4, 0.5) is 0 Å². The maximum atomic E-state index is 9.30. The molecule has 6 N–H and O–H groups in total. The molecule has 2 aliphatic carbocycles. The smallest absolute Gasteiger partial charge is 0.145 e. The van der Waals surface area contributed by atoms with Gasteiger partial charge in [-0.1, -0.05) is 22.7 Å². The fourth-order valence-corrected chi connectivity index (χ4v) is 5.23. The van der Waals surface area contributed by atoms with E-state index in [0.29, 0.717) is 23.7 Å². The molecule has 2 atom stereocenters. The molecule has 0 aromatic carbocycles. The van der Waals surface area contributed by atoms with Crippen LogP contribution in [0.15, 0.2) is 0 Å². The van der Waals surface area contributed by atoms with Crippen LogP contribution < -0.4 is 11.5 Å². The van der Waals surface area contributed by atoms with Gasteiger partial charge in [0.05, 0.1) is 0 Å². The van der Waals surface area contributed by atoms with Crippen LogP contribution in [0, 0.1) is 11.8 Å². The molecule has 2 fully saturated rings. The number of aromatic nitrogens is 4. The first-order valence-electron chi connectivity index (χ1n) is 9.84. The van der Waals surface area contributed by atoms with E-state index in [-0.39, 0.29) is 24.8 Å². The highest BCUT2D eigenvalue weighted by Gasteiger charge is 2.32. The number of halogens is 2. The molecule has 0 radical (unpaired) electrons. The quantitative estimate of drug-likeness (QED) is 0.475. The van der Waals surface area contributed by atoms with Crippen LogP contribution in [0.3, 0.4) is 0 Å². The minimum absolute atomic E-state index is 0. The Morgan fingerprint density at radius 3 is 1.33 bits per heavy atom. The number of hydrogen-bond acceptors (Lipinski definition) is 10. The molecule has 0 bridgehead atoms. The maximum absolute atomic E-state index is 9.30. The van der Waals surface area contributed by atoms with Gasteiger partial charge in [-0.05, 0) is 64.5 Å². The Morgan fingerprint density at radius 1 is 0.767 bits per heavy atom. The van der Waals surface area contributed by atoms with E-state index < -0.39 is 12.2 Å². The molecule has 2 aromatic heterocycles. The summed E-state index contributed by atoms with van der Waals surface area (Å²) >= 11 is 3.05. The van der Waals surface area contributed by atoms with Crippen LogP contribution in [0.2, 0.25) is 0 Å². The molecule has 2 saturated carbocycles. The molecule has 0 spiro atoms. The van der Waals surface area contributed by atoms with Crippen LogP contribution in [0.25, 0.3) is 0 Å². The summed E-state index contributed by atoms with van der Waals surface area (Å²) < 4.78 is 0. The number of rotatable bonds is 6. The van der Waals surface area contributed by atoms with Crippen LogP contribution >= 0.6 is 47.5 Å². The van der Waals surface area contributed by atoms with Crippen molar-refractivity contribution in [2.45, 2.75) is 63.6 Å². The summed E-state index contributed by atoms with van der Waals surface area (Å²) in [6, 6.07) is 0. The van der Waals surface area contributed by atoms with Crippen molar-refractivity contribution in [1.29, 1.82) is 0 Å². The van der Waals surface area contributed by atoms with Crippen molar-refractivity contribution in [3.05, 3.63) is 20.0 Å². The second-order valence-electron chi connectivity index (χ2n) is 7.85. The summed E-state index contributed by atoms with van der Waals surface area (Å²) in [5.74, 6) is 2.40. The van der Waals surface area contributed by atoms with Gasteiger partial charge in [0.15, 0.2) is 0 Å². The third kappa shape index (κ3) is 6.77. The van der Waals surface area contributed by atoms with Gasteiger partial charge in [0, 0.05) is 11.8 Å². The number of nitrogens with zero attached hydrogens (tertiary/aromatic N) is 4. The zero-order valence-electron chi connectivity index (χ0n) is 17.2. The van der Waals surface area contributed by atoms with E-state index in [1.807, 2.05) is 0 Å². The van der Waals surface area contributed by atoms with Crippen molar-refractivity contribution < 1.29 is 10.2 Å². The lowest BCUT2D eigenvalue weighted by Crippen LogP contribution is -2.28. The predicted octanol–water partition coefficient (Wildman–Crippen LogP) is 2.93. The summed E-state index contributed by atoms with van der Waals surface area (Å²) in [7, 11) is 0. The van der Waals surface area contributed by atoms with E-state index in [9.17, 15) is 10.2 Å². The average Bonchev–Trinajstić information content (AvgIpc) is 3.23. The Bertz CT molecular complexity index is 686. The van der Waals surface area contributed by atoms with Gasteiger partial charge in [-0.25, -0.2) is 0 Å². The minimum Gasteiger partial charge on any atom is -0.386 e. The number of aliphatic hydroxyl groups is 2. The summed E-state index contributed by atoms with van der Waals surface area (Å²) in [5.41, 5.74) is 11.1. The molecular weight excluding hydrogens is 467 g/mol. The number of aliphatic hydroxyl groups excluding tert-OH is 2.